The zero-order valence-corrected chi connectivity index (χ0v) is 25.6. The van der Waals surface area contributed by atoms with Crippen molar-refractivity contribution in [2.24, 2.45) is 0 Å². The number of nitrogens with one attached hydrogen (secondary N) is 1. The number of hydrogen-bond acceptors (Lipinski definition) is 12. The predicted octanol–water partition coefficient (Wildman–Crippen LogP) is 1.06. The average molecular weight is 648 g/mol. The maximum absolute atomic E-state index is 11.8. The number of thiophene rings is 1. The van der Waals surface area contributed by atoms with Crippen molar-refractivity contribution in [2.45, 2.75) is 19.1 Å². The molecule has 6 rings (SSSR count). The van der Waals surface area contributed by atoms with Gasteiger partial charge in [0.25, 0.3) is 0 Å². The van der Waals surface area contributed by atoms with Crippen LogP contribution in [0.15, 0.2) is 30.5 Å². The largest absolute Gasteiger partial charge is 0.481 e. The number of carbonyl (C=O) groups is 2. The summed E-state index contributed by atoms with van der Waals surface area (Å²) in [6, 6.07) is 8.19. The number of hydrogen-bond donors (Lipinski definition) is 4. The maximum atomic E-state index is 11.8. The van der Waals surface area contributed by atoms with Gasteiger partial charge in [0.15, 0.2) is 17.7 Å². The molecule has 4 aromatic rings. The van der Waals surface area contributed by atoms with Crippen LogP contribution in [0.2, 0.25) is 0 Å². The minimum atomic E-state index is -3.13. The summed E-state index contributed by atoms with van der Waals surface area (Å²) < 4.78 is 31.9. The van der Waals surface area contributed by atoms with Gasteiger partial charge in [-0.25, -0.2) is 23.2 Å². The maximum Gasteiger partial charge on any atom is 0.333 e. The first-order chi connectivity index (χ1) is 21.0. The predicted molar refractivity (Wildman–Crippen MR) is 163 cm³/mol. The van der Waals surface area contributed by atoms with Crippen molar-refractivity contribution in [3.63, 3.8) is 0 Å². The minimum absolute atomic E-state index is 0.529. The third kappa shape index (κ3) is 7.48. The summed E-state index contributed by atoms with van der Waals surface area (Å²) in [4.78, 5) is 35.3. The van der Waals surface area contributed by atoms with E-state index in [4.69, 9.17) is 30.0 Å². The Labute approximate surface area is 256 Å². The lowest BCUT2D eigenvalue weighted by molar-refractivity contribution is -0.152. The van der Waals surface area contributed by atoms with Gasteiger partial charge in [0, 0.05) is 61.6 Å². The number of aliphatic hydroxyl groups is 1. The topological polar surface area (TPSA) is 202 Å². The van der Waals surface area contributed by atoms with Gasteiger partial charge in [-0.15, -0.1) is 11.3 Å². The number of benzene rings is 1. The Bertz CT molecular complexity index is 1750. The second kappa shape index (κ2) is 13.5. The van der Waals surface area contributed by atoms with Crippen LogP contribution >= 0.6 is 11.3 Å². The van der Waals surface area contributed by atoms with Crippen molar-refractivity contribution in [1.82, 2.24) is 29.4 Å². The number of aliphatic hydroxyl groups excluding tert-OH is 1. The number of nitrogens with zero attached hydrogens (tertiary/aromatic N) is 6. The molecule has 44 heavy (non-hydrogen) atoms. The molecule has 1 unspecified atom stereocenters. The minimum Gasteiger partial charge on any atom is -0.481 e. The summed E-state index contributed by atoms with van der Waals surface area (Å²) in [7, 11) is -3.13. The summed E-state index contributed by atoms with van der Waals surface area (Å²) in [5, 5.41) is 32.4. The van der Waals surface area contributed by atoms with E-state index in [-0.39, 0.29) is 0 Å². The number of aromatic amines is 1. The summed E-state index contributed by atoms with van der Waals surface area (Å²) >= 11 is 1.73. The van der Waals surface area contributed by atoms with Crippen molar-refractivity contribution in [3.8, 4) is 11.4 Å². The second-order valence-electron chi connectivity index (χ2n) is 10.4. The number of ether oxygens (including phenoxy) is 1. The van der Waals surface area contributed by atoms with Crippen LogP contribution in [0.25, 0.3) is 32.5 Å². The standard InChI is InChI=1S/C23H27N7O3S2.C4H6O5/c1-35(31,32)30-7-5-28(6-8-30)15-16-13-20-21(34-16)23(29-9-11-33-12-10-29)26-22(25-20)17-3-2-4-19-18(17)14-24-27-19;5-2(4(8)9)1-3(6)7/h2-4,13-14H,5-12,15H2,1H3,(H,24,27);2,5H,1H2,(H,6,7)(H,8,9). The molecule has 5 heterocycles. The number of fused-ring (bicyclic) bond motifs is 2. The third-order valence-corrected chi connectivity index (χ3v) is 9.68. The molecule has 236 valence electrons. The number of carboxylic acids is 2. The number of aliphatic carboxylic acids is 2. The fourth-order valence-electron chi connectivity index (χ4n) is 5.01. The molecule has 0 radical (unpaired) electrons. The van der Waals surface area contributed by atoms with Gasteiger partial charge in [-0.1, -0.05) is 12.1 Å². The molecule has 0 bridgehead atoms. The van der Waals surface area contributed by atoms with E-state index in [1.54, 1.807) is 15.6 Å². The Kier molecular flexibility index (Phi) is 9.72. The number of rotatable bonds is 8. The van der Waals surface area contributed by atoms with Crippen molar-refractivity contribution >= 4 is 60.2 Å². The summed E-state index contributed by atoms with van der Waals surface area (Å²) in [6.07, 6.45) is 0.557. The molecular formula is C27H33N7O8S2. The zero-order valence-electron chi connectivity index (χ0n) is 23.9. The summed E-state index contributed by atoms with van der Waals surface area (Å²) in [5.41, 5.74) is 2.85. The van der Waals surface area contributed by atoms with Crippen molar-refractivity contribution in [3.05, 3.63) is 35.3 Å². The van der Waals surface area contributed by atoms with Crippen LogP contribution in [0.1, 0.15) is 11.3 Å². The highest BCUT2D eigenvalue weighted by Gasteiger charge is 2.25. The van der Waals surface area contributed by atoms with E-state index in [0.717, 1.165) is 65.2 Å². The van der Waals surface area contributed by atoms with E-state index in [2.05, 4.69) is 26.1 Å². The van der Waals surface area contributed by atoms with E-state index in [1.165, 1.54) is 11.1 Å². The van der Waals surface area contributed by atoms with Crippen LogP contribution in [-0.2, 0) is 30.9 Å². The number of H-pyrrole nitrogens is 1. The van der Waals surface area contributed by atoms with Gasteiger partial charge in [0.05, 0.1) is 47.8 Å². The Morgan fingerprint density at radius 3 is 2.45 bits per heavy atom. The van der Waals surface area contributed by atoms with E-state index >= 15 is 0 Å². The summed E-state index contributed by atoms with van der Waals surface area (Å²) in [6.45, 7) is 6.22. The van der Waals surface area contributed by atoms with Gasteiger partial charge >= 0.3 is 11.9 Å². The molecule has 1 aromatic carbocycles. The molecule has 1 atom stereocenters. The number of carboxylic acid groups (broad SMARTS) is 2. The second-order valence-corrected chi connectivity index (χ2v) is 13.5. The van der Waals surface area contributed by atoms with Gasteiger partial charge in [-0.3, -0.25) is 14.8 Å². The summed E-state index contributed by atoms with van der Waals surface area (Å²) in [5.74, 6) is -1.20. The third-order valence-electron chi connectivity index (χ3n) is 7.27. The first kappa shape index (κ1) is 31.7. The lowest BCUT2D eigenvalue weighted by Crippen LogP contribution is -2.47. The van der Waals surface area contributed by atoms with E-state index < -0.39 is 34.5 Å². The fraction of sp³-hybridized carbons (Fsp3) is 0.444. The fourth-order valence-corrected chi connectivity index (χ4v) is 6.99. The van der Waals surface area contributed by atoms with Gasteiger partial charge < -0.3 is 25.0 Å². The highest BCUT2D eigenvalue weighted by Crippen LogP contribution is 2.36. The molecule has 2 saturated heterocycles. The normalized spacial score (nSPS) is 17.4. The van der Waals surface area contributed by atoms with Crippen LogP contribution in [0.5, 0.6) is 0 Å². The highest BCUT2D eigenvalue weighted by atomic mass is 32.2. The molecule has 4 N–H and O–H groups in total. The number of sulfonamides is 1. The van der Waals surface area contributed by atoms with E-state index in [1.807, 2.05) is 24.4 Å². The van der Waals surface area contributed by atoms with Crippen LogP contribution in [0.3, 0.4) is 0 Å². The van der Waals surface area contributed by atoms with Crippen molar-refractivity contribution < 1.29 is 38.1 Å². The first-order valence-electron chi connectivity index (χ1n) is 13.9. The molecule has 0 saturated carbocycles. The number of aromatic nitrogens is 4. The highest BCUT2D eigenvalue weighted by molar-refractivity contribution is 7.88. The van der Waals surface area contributed by atoms with E-state index in [9.17, 15) is 18.0 Å². The Morgan fingerprint density at radius 1 is 1.09 bits per heavy atom. The Morgan fingerprint density at radius 2 is 1.82 bits per heavy atom. The molecule has 17 heteroatoms. The lowest BCUT2D eigenvalue weighted by atomic mass is 10.1. The molecule has 2 aliphatic heterocycles. The monoisotopic (exact) mass is 647 g/mol. The molecule has 0 aliphatic carbocycles. The zero-order chi connectivity index (χ0) is 31.4. The SMILES string of the molecule is CS(=O)(=O)N1CCN(Cc2cc3nc(-c4cccc5[nH]ncc45)nc(N4CCOCC4)c3s2)CC1.O=C(O)CC(O)C(=O)O. The number of anilines is 1. The molecule has 3 aromatic heterocycles. The van der Waals surface area contributed by atoms with Gasteiger partial charge in [0.1, 0.15) is 0 Å². The van der Waals surface area contributed by atoms with Crippen LogP contribution in [-0.4, -0.2) is 130 Å². The van der Waals surface area contributed by atoms with Crippen LogP contribution in [0, 0.1) is 0 Å². The van der Waals surface area contributed by atoms with Crippen LogP contribution < -0.4 is 4.90 Å². The van der Waals surface area contributed by atoms with Gasteiger partial charge in [-0.2, -0.15) is 9.40 Å². The van der Waals surface area contributed by atoms with Crippen molar-refractivity contribution in [1.29, 1.82) is 0 Å². The molecule has 0 spiro atoms. The number of morpholine rings is 1. The van der Waals surface area contributed by atoms with Crippen molar-refractivity contribution in [2.75, 3.05) is 63.6 Å². The molecule has 2 fully saturated rings. The van der Waals surface area contributed by atoms with Gasteiger partial charge in [0.2, 0.25) is 10.0 Å². The smallest absolute Gasteiger partial charge is 0.333 e. The Hall–Kier alpha value is -3.74. The lowest BCUT2D eigenvalue weighted by Gasteiger charge is -2.32. The molecule has 15 nitrogen and oxygen atoms in total. The average Bonchev–Trinajstić information content (AvgIpc) is 3.63. The van der Waals surface area contributed by atoms with Gasteiger partial charge in [-0.05, 0) is 12.1 Å². The first-order valence-corrected chi connectivity index (χ1v) is 16.5. The Balaban J connectivity index is 0.000000374. The number of piperazine rings is 1. The quantitative estimate of drug-likeness (QED) is 0.212. The molecule has 2 aliphatic rings. The van der Waals surface area contributed by atoms with E-state index in [0.29, 0.717) is 32.1 Å². The molecular weight excluding hydrogens is 614 g/mol. The van der Waals surface area contributed by atoms with Crippen LogP contribution in [0.4, 0.5) is 5.82 Å². The molecule has 0 amide bonds.